The summed E-state index contributed by atoms with van der Waals surface area (Å²) in [7, 11) is -2.24. The fourth-order valence-electron chi connectivity index (χ4n) is 2.16. The number of anilines is 2. The number of carbonyl (C=O) groups excluding carboxylic acids is 1. The van der Waals surface area contributed by atoms with E-state index in [0.29, 0.717) is 11.4 Å². The summed E-state index contributed by atoms with van der Waals surface area (Å²) in [6.07, 6.45) is 0. The molecule has 0 aliphatic heterocycles. The summed E-state index contributed by atoms with van der Waals surface area (Å²) in [6, 6.07) is 14.7. The molecule has 0 aromatic heterocycles. The molecule has 3 N–H and O–H groups in total. The molecule has 134 valence electrons. The van der Waals surface area contributed by atoms with E-state index in [-0.39, 0.29) is 22.8 Å². The Kier molecular flexibility index (Phi) is 5.81. The molecule has 2 unspecified atom stereocenters. The lowest BCUT2D eigenvalue weighted by molar-refractivity contribution is -0.119. The molecule has 6 nitrogen and oxygen atoms in total. The molecule has 0 saturated carbocycles. The van der Waals surface area contributed by atoms with E-state index in [1.807, 2.05) is 6.07 Å². The molecule has 0 heterocycles. The minimum atomic E-state index is -3.73. The standard InChI is InChI=1S/C18H23N3O3S/c1-13(14(2)19)18(22)20-15-8-7-11-17(12-15)25(23,24)21(3)16-9-5-4-6-10-16/h4-14H,19H2,1-3H3,(H,20,22). The number of amides is 1. The highest BCUT2D eigenvalue weighted by Gasteiger charge is 2.22. The first kappa shape index (κ1) is 19.0. The number of hydrogen-bond acceptors (Lipinski definition) is 4. The predicted molar refractivity (Wildman–Crippen MR) is 99.9 cm³/mol. The van der Waals surface area contributed by atoms with E-state index in [1.54, 1.807) is 50.2 Å². The number of nitrogens with two attached hydrogens (primary N) is 1. The minimum Gasteiger partial charge on any atom is -0.327 e. The molecule has 0 spiro atoms. The van der Waals surface area contributed by atoms with Gasteiger partial charge < -0.3 is 11.1 Å². The lowest BCUT2D eigenvalue weighted by Gasteiger charge is -2.20. The van der Waals surface area contributed by atoms with Gasteiger partial charge in [-0.25, -0.2) is 8.42 Å². The smallest absolute Gasteiger partial charge is 0.264 e. The van der Waals surface area contributed by atoms with E-state index in [9.17, 15) is 13.2 Å². The zero-order valence-corrected chi connectivity index (χ0v) is 15.3. The van der Waals surface area contributed by atoms with Gasteiger partial charge in [-0.1, -0.05) is 31.2 Å². The SMILES string of the molecule is CC(N)C(C)C(=O)Nc1cccc(S(=O)(=O)N(C)c2ccccc2)c1. The van der Waals surface area contributed by atoms with Crippen LogP contribution in [0.3, 0.4) is 0 Å². The molecule has 0 bridgehead atoms. The normalized spacial score (nSPS) is 13.8. The van der Waals surface area contributed by atoms with Gasteiger partial charge in [-0.2, -0.15) is 0 Å². The van der Waals surface area contributed by atoms with E-state index in [4.69, 9.17) is 5.73 Å². The number of sulfonamides is 1. The van der Waals surface area contributed by atoms with Crippen LogP contribution in [-0.4, -0.2) is 27.4 Å². The Morgan fingerprint density at radius 2 is 1.72 bits per heavy atom. The van der Waals surface area contributed by atoms with Crippen LogP contribution in [0.4, 0.5) is 11.4 Å². The summed E-state index contributed by atoms with van der Waals surface area (Å²) in [5.41, 5.74) is 6.70. The summed E-state index contributed by atoms with van der Waals surface area (Å²) in [5, 5.41) is 2.71. The molecule has 25 heavy (non-hydrogen) atoms. The van der Waals surface area contributed by atoms with Crippen LogP contribution in [0.1, 0.15) is 13.8 Å². The summed E-state index contributed by atoms with van der Waals surface area (Å²) < 4.78 is 26.8. The topological polar surface area (TPSA) is 92.5 Å². The van der Waals surface area contributed by atoms with Crippen molar-refractivity contribution < 1.29 is 13.2 Å². The fraction of sp³-hybridized carbons (Fsp3) is 0.278. The van der Waals surface area contributed by atoms with Crippen molar-refractivity contribution in [3.63, 3.8) is 0 Å². The molecular formula is C18H23N3O3S. The van der Waals surface area contributed by atoms with Gasteiger partial charge in [0.1, 0.15) is 0 Å². The van der Waals surface area contributed by atoms with Crippen LogP contribution in [-0.2, 0) is 14.8 Å². The Morgan fingerprint density at radius 3 is 2.32 bits per heavy atom. The number of rotatable bonds is 6. The molecule has 2 rings (SSSR count). The molecule has 0 fully saturated rings. The molecule has 2 aromatic carbocycles. The van der Waals surface area contributed by atoms with E-state index >= 15 is 0 Å². The van der Waals surface area contributed by atoms with Gasteiger partial charge in [0, 0.05) is 18.8 Å². The number of nitrogens with zero attached hydrogens (tertiary/aromatic N) is 1. The van der Waals surface area contributed by atoms with E-state index < -0.39 is 10.0 Å². The van der Waals surface area contributed by atoms with Crippen molar-refractivity contribution >= 4 is 27.3 Å². The summed E-state index contributed by atoms with van der Waals surface area (Å²) in [4.78, 5) is 12.2. The van der Waals surface area contributed by atoms with Gasteiger partial charge in [0.2, 0.25) is 5.91 Å². The maximum atomic E-state index is 12.8. The largest absolute Gasteiger partial charge is 0.327 e. The van der Waals surface area contributed by atoms with Crippen LogP contribution in [0.5, 0.6) is 0 Å². The average Bonchev–Trinajstić information content (AvgIpc) is 2.61. The first-order valence-corrected chi connectivity index (χ1v) is 9.38. The van der Waals surface area contributed by atoms with Gasteiger partial charge in [-0.05, 0) is 37.3 Å². The van der Waals surface area contributed by atoms with Gasteiger partial charge in [-0.15, -0.1) is 0 Å². The minimum absolute atomic E-state index is 0.102. The Balaban J connectivity index is 2.27. The molecule has 2 atom stereocenters. The average molecular weight is 361 g/mol. The Labute approximate surface area is 148 Å². The van der Waals surface area contributed by atoms with Crippen molar-refractivity contribution in [3.05, 3.63) is 54.6 Å². The van der Waals surface area contributed by atoms with Crippen molar-refractivity contribution in [3.8, 4) is 0 Å². The second kappa shape index (κ2) is 7.67. The van der Waals surface area contributed by atoms with Crippen molar-refractivity contribution in [1.29, 1.82) is 0 Å². The second-order valence-corrected chi connectivity index (χ2v) is 7.94. The molecule has 1 amide bonds. The fourth-order valence-corrected chi connectivity index (χ4v) is 3.41. The number of benzene rings is 2. The third-order valence-electron chi connectivity index (χ3n) is 4.08. The monoisotopic (exact) mass is 361 g/mol. The molecule has 0 radical (unpaired) electrons. The van der Waals surface area contributed by atoms with Gasteiger partial charge in [0.05, 0.1) is 16.5 Å². The third-order valence-corrected chi connectivity index (χ3v) is 5.86. The summed E-state index contributed by atoms with van der Waals surface area (Å²) in [6.45, 7) is 3.48. The maximum absolute atomic E-state index is 12.8. The van der Waals surface area contributed by atoms with Crippen LogP contribution >= 0.6 is 0 Å². The van der Waals surface area contributed by atoms with Crippen LogP contribution in [0.2, 0.25) is 0 Å². The highest BCUT2D eigenvalue weighted by molar-refractivity contribution is 7.92. The van der Waals surface area contributed by atoms with Gasteiger partial charge in [-0.3, -0.25) is 9.10 Å². The summed E-state index contributed by atoms with van der Waals surface area (Å²) >= 11 is 0. The highest BCUT2D eigenvalue weighted by Crippen LogP contribution is 2.23. The van der Waals surface area contributed by atoms with Crippen LogP contribution < -0.4 is 15.4 Å². The lowest BCUT2D eigenvalue weighted by atomic mass is 10.0. The van der Waals surface area contributed by atoms with Gasteiger partial charge in [0.25, 0.3) is 10.0 Å². The van der Waals surface area contributed by atoms with Crippen molar-refractivity contribution in [2.24, 2.45) is 11.7 Å². The van der Waals surface area contributed by atoms with E-state index in [1.165, 1.54) is 23.5 Å². The van der Waals surface area contributed by atoms with Crippen LogP contribution in [0.25, 0.3) is 0 Å². The Hall–Kier alpha value is -2.38. The van der Waals surface area contributed by atoms with E-state index in [0.717, 1.165) is 0 Å². The van der Waals surface area contributed by atoms with Gasteiger partial charge in [0.15, 0.2) is 0 Å². The number of para-hydroxylation sites is 1. The Bertz CT molecular complexity index is 836. The molecule has 0 aliphatic rings. The second-order valence-electron chi connectivity index (χ2n) is 5.97. The first-order valence-electron chi connectivity index (χ1n) is 7.94. The molecular weight excluding hydrogens is 338 g/mol. The molecule has 0 saturated heterocycles. The molecule has 0 aliphatic carbocycles. The first-order chi connectivity index (χ1) is 11.7. The molecule has 7 heteroatoms. The zero-order valence-electron chi connectivity index (χ0n) is 14.5. The predicted octanol–water partition coefficient (Wildman–Crippen LogP) is 2.43. The van der Waals surface area contributed by atoms with Crippen molar-refractivity contribution in [2.75, 3.05) is 16.7 Å². The van der Waals surface area contributed by atoms with Crippen LogP contribution in [0, 0.1) is 5.92 Å². The third kappa shape index (κ3) is 4.37. The quantitative estimate of drug-likeness (QED) is 0.826. The maximum Gasteiger partial charge on any atom is 0.264 e. The van der Waals surface area contributed by atoms with Gasteiger partial charge >= 0.3 is 0 Å². The van der Waals surface area contributed by atoms with E-state index in [2.05, 4.69) is 5.32 Å². The van der Waals surface area contributed by atoms with Crippen molar-refractivity contribution in [1.82, 2.24) is 0 Å². The van der Waals surface area contributed by atoms with Crippen molar-refractivity contribution in [2.45, 2.75) is 24.8 Å². The number of carbonyl (C=O) groups is 1. The highest BCUT2D eigenvalue weighted by atomic mass is 32.2. The summed E-state index contributed by atoms with van der Waals surface area (Å²) in [5.74, 6) is -0.631. The lowest BCUT2D eigenvalue weighted by Crippen LogP contribution is -2.34. The van der Waals surface area contributed by atoms with Crippen LogP contribution in [0.15, 0.2) is 59.5 Å². The number of hydrogen-bond donors (Lipinski definition) is 2. The Morgan fingerprint density at radius 1 is 1.08 bits per heavy atom. The number of nitrogens with one attached hydrogen (secondary N) is 1. The molecule has 2 aromatic rings. The zero-order chi connectivity index (χ0) is 18.6.